The monoisotopic (exact) mass is 258 g/mol. The number of aromatic nitrogens is 2. The molecule has 0 saturated heterocycles. The molecule has 0 fully saturated rings. The van der Waals surface area contributed by atoms with Crippen molar-refractivity contribution in [3.8, 4) is 0 Å². The normalized spacial score (nSPS) is 12.6. The Morgan fingerprint density at radius 3 is 2.53 bits per heavy atom. The minimum atomic E-state index is -0.539. The Balaban J connectivity index is 2.15. The molecule has 0 spiro atoms. The van der Waals surface area contributed by atoms with Crippen LogP contribution in [0.1, 0.15) is 42.0 Å². The SMILES string of the molecule is CCCn1ccnc1C(O)Cc1cc(C)cc(C)c1. The molecule has 1 heterocycles. The molecule has 102 valence electrons. The van der Waals surface area contributed by atoms with Gasteiger partial charge in [-0.25, -0.2) is 4.98 Å². The van der Waals surface area contributed by atoms with Gasteiger partial charge in [0.05, 0.1) is 0 Å². The van der Waals surface area contributed by atoms with Gasteiger partial charge < -0.3 is 9.67 Å². The van der Waals surface area contributed by atoms with Gasteiger partial charge in [0.25, 0.3) is 0 Å². The van der Waals surface area contributed by atoms with Gasteiger partial charge in [-0.15, -0.1) is 0 Å². The average molecular weight is 258 g/mol. The van der Waals surface area contributed by atoms with Crippen LogP contribution in [0, 0.1) is 13.8 Å². The molecule has 19 heavy (non-hydrogen) atoms. The van der Waals surface area contributed by atoms with Crippen LogP contribution in [-0.2, 0) is 13.0 Å². The maximum absolute atomic E-state index is 10.4. The summed E-state index contributed by atoms with van der Waals surface area (Å²) < 4.78 is 2.04. The number of hydrogen-bond donors (Lipinski definition) is 1. The van der Waals surface area contributed by atoms with E-state index in [4.69, 9.17) is 0 Å². The fraction of sp³-hybridized carbons (Fsp3) is 0.438. The molecule has 0 aliphatic heterocycles. The molecule has 1 unspecified atom stereocenters. The predicted molar refractivity (Wildman–Crippen MR) is 77.1 cm³/mol. The van der Waals surface area contributed by atoms with E-state index in [0.29, 0.717) is 6.42 Å². The number of hydrogen-bond acceptors (Lipinski definition) is 2. The maximum atomic E-state index is 10.4. The lowest BCUT2D eigenvalue weighted by Gasteiger charge is -2.13. The molecule has 0 saturated carbocycles. The molecule has 0 bridgehead atoms. The van der Waals surface area contributed by atoms with E-state index in [2.05, 4.69) is 44.0 Å². The van der Waals surface area contributed by atoms with Crippen molar-refractivity contribution < 1.29 is 5.11 Å². The summed E-state index contributed by atoms with van der Waals surface area (Å²) in [5.41, 5.74) is 3.63. The zero-order chi connectivity index (χ0) is 13.8. The van der Waals surface area contributed by atoms with Gasteiger partial charge in [0.1, 0.15) is 11.9 Å². The Kier molecular flexibility index (Phi) is 4.38. The number of rotatable bonds is 5. The molecular formula is C16H22N2O. The number of imidazole rings is 1. The molecule has 0 radical (unpaired) electrons. The topological polar surface area (TPSA) is 38.0 Å². The highest BCUT2D eigenvalue weighted by Crippen LogP contribution is 2.19. The second-order valence-electron chi connectivity index (χ2n) is 5.19. The maximum Gasteiger partial charge on any atom is 0.137 e. The largest absolute Gasteiger partial charge is 0.385 e. The summed E-state index contributed by atoms with van der Waals surface area (Å²) in [5.74, 6) is 0.765. The van der Waals surface area contributed by atoms with Crippen molar-refractivity contribution in [2.45, 2.75) is 46.3 Å². The van der Waals surface area contributed by atoms with E-state index in [1.807, 2.05) is 10.8 Å². The first-order valence-corrected chi connectivity index (χ1v) is 6.86. The Morgan fingerprint density at radius 1 is 1.21 bits per heavy atom. The van der Waals surface area contributed by atoms with Gasteiger partial charge in [-0.1, -0.05) is 36.2 Å². The number of aryl methyl sites for hydroxylation is 3. The fourth-order valence-corrected chi connectivity index (χ4v) is 2.55. The van der Waals surface area contributed by atoms with Crippen LogP contribution < -0.4 is 0 Å². The third-order valence-corrected chi connectivity index (χ3v) is 3.22. The molecule has 3 nitrogen and oxygen atoms in total. The van der Waals surface area contributed by atoms with Crippen LogP contribution in [-0.4, -0.2) is 14.7 Å². The van der Waals surface area contributed by atoms with Crippen molar-refractivity contribution in [3.05, 3.63) is 53.1 Å². The van der Waals surface area contributed by atoms with Crippen LogP contribution in [0.3, 0.4) is 0 Å². The molecule has 2 rings (SSSR count). The van der Waals surface area contributed by atoms with E-state index in [-0.39, 0.29) is 0 Å². The van der Waals surface area contributed by atoms with E-state index in [1.54, 1.807) is 6.20 Å². The Bertz CT molecular complexity index is 525. The van der Waals surface area contributed by atoms with Gasteiger partial charge in [-0.2, -0.15) is 0 Å². The molecule has 0 aliphatic rings. The lowest BCUT2D eigenvalue weighted by atomic mass is 10.0. The van der Waals surface area contributed by atoms with Crippen molar-refractivity contribution in [1.82, 2.24) is 9.55 Å². The van der Waals surface area contributed by atoms with Gasteiger partial charge in [-0.05, 0) is 25.8 Å². The average Bonchev–Trinajstić information content (AvgIpc) is 2.76. The molecular weight excluding hydrogens is 236 g/mol. The van der Waals surface area contributed by atoms with Crippen molar-refractivity contribution >= 4 is 0 Å². The summed E-state index contributed by atoms with van der Waals surface area (Å²) in [7, 11) is 0. The Hall–Kier alpha value is -1.61. The first-order valence-electron chi connectivity index (χ1n) is 6.86. The van der Waals surface area contributed by atoms with Gasteiger partial charge in [0.2, 0.25) is 0 Å². The van der Waals surface area contributed by atoms with E-state index in [9.17, 15) is 5.11 Å². The molecule has 0 aliphatic carbocycles. The molecule has 1 N–H and O–H groups in total. The van der Waals surface area contributed by atoms with Crippen LogP contribution in [0.5, 0.6) is 0 Å². The molecule has 1 aromatic carbocycles. The Morgan fingerprint density at radius 2 is 1.89 bits per heavy atom. The number of aliphatic hydroxyl groups is 1. The summed E-state index contributed by atoms with van der Waals surface area (Å²) >= 11 is 0. The van der Waals surface area contributed by atoms with E-state index in [0.717, 1.165) is 24.4 Å². The van der Waals surface area contributed by atoms with E-state index in [1.165, 1.54) is 11.1 Å². The Labute approximate surface area is 114 Å². The summed E-state index contributed by atoms with van der Waals surface area (Å²) in [4.78, 5) is 4.29. The fourth-order valence-electron chi connectivity index (χ4n) is 2.55. The second-order valence-corrected chi connectivity index (χ2v) is 5.19. The minimum Gasteiger partial charge on any atom is -0.385 e. The standard InChI is InChI=1S/C16H22N2O/c1-4-6-18-7-5-17-16(18)15(19)11-14-9-12(2)8-13(3)10-14/h5,7-10,15,19H,4,6,11H2,1-3H3. The zero-order valence-corrected chi connectivity index (χ0v) is 11.9. The van der Waals surface area contributed by atoms with Crippen LogP contribution in [0.2, 0.25) is 0 Å². The smallest absolute Gasteiger partial charge is 0.137 e. The van der Waals surface area contributed by atoms with Crippen LogP contribution in [0.4, 0.5) is 0 Å². The van der Waals surface area contributed by atoms with Crippen LogP contribution in [0.15, 0.2) is 30.6 Å². The van der Waals surface area contributed by atoms with Gasteiger partial charge in [-0.3, -0.25) is 0 Å². The number of benzene rings is 1. The van der Waals surface area contributed by atoms with Crippen LogP contribution in [0.25, 0.3) is 0 Å². The molecule has 0 amide bonds. The zero-order valence-electron chi connectivity index (χ0n) is 11.9. The summed E-state index contributed by atoms with van der Waals surface area (Å²) in [6.45, 7) is 7.20. The third kappa shape index (κ3) is 3.44. The number of aliphatic hydroxyl groups excluding tert-OH is 1. The van der Waals surface area contributed by atoms with Gasteiger partial charge in [0, 0.05) is 25.4 Å². The third-order valence-electron chi connectivity index (χ3n) is 3.22. The molecule has 3 heteroatoms. The first kappa shape index (κ1) is 13.8. The lowest BCUT2D eigenvalue weighted by molar-refractivity contribution is 0.163. The van der Waals surface area contributed by atoms with Crippen molar-refractivity contribution in [3.63, 3.8) is 0 Å². The van der Waals surface area contributed by atoms with E-state index >= 15 is 0 Å². The predicted octanol–water partition coefficient (Wildman–Crippen LogP) is 3.19. The number of nitrogens with zero attached hydrogens (tertiary/aromatic N) is 2. The van der Waals surface area contributed by atoms with E-state index < -0.39 is 6.10 Å². The molecule has 2 aromatic rings. The second kappa shape index (κ2) is 6.02. The highest BCUT2D eigenvalue weighted by molar-refractivity contribution is 5.29. The highest BCUT2D eigenvalue weighted by atomic mass is 16.3. The highest BCUT2D eigenvalue weighted by Gasteiger charge is 2.14. The van der Waals surface area contributed by atoms with Gasteiger partial charge >= 0.3 is 0 Å². The van der Waals surface area contributed by atoms with Crippen molar-refractivity contribution in [2.24, 2.45) is 0 Å². The van der Waals surface area contributed by atoms with Crippen molar-refractivity contribution in [2.75, 3.05) is 0 Å². The molecule has 1 atom stereocenters. The van der Waals surface area contributed by atoms with Crippen molar-refractivity contribution in [1.29, 1.82) is 0 Å². The van der Waals surface area contributed by atoms with Crippen LogP contribution >= 0.6 is 0 Å². The van der Waals surface area contributed by atoms with Gasteiger partial charge in [0.15, 0.2) is 0 Å². The summed E-state index contributed by atoms with van der Waals surface area (Å²) in [6, 6.07) is 6.40. The minimum absolute atomic E-state index is 0.539. The summed E-state index contributed by atoms with van der Waals surface area (Å²) in [5, 5.41) is 10.4. The lowest BCUT2D eigenvalue weighted by Crippen LogP contribution is -2.11. The summed E-state index contributed by atoms with van der Waals surface area (Å²) in [6.07, 6.45) is 4.81. The molecule has 1 aromatic heterocycles. The quantitative estimate of drug-likeness (QED) is 0.894. The first-order chi connectivity index (χ1) is 9.10.